The van der Waals surface area contributed by atoms with Crippen LogP contribution < -0.4 is 10.5 Å². The van der Waals surface area contributed by atoms with Crippen LogP contribution in [0.1, 0.15) is 29.7 Å². The molecule has 2 unspecified atom stereocenters. The van der Waals surface area contributed by atoms with E-state index in [1.54, 1.807) is 12.1 Å². The fraction of sp³-hybridized carbons (Fsp3) is 0.200. The first-order valence-electron chi connectivity index (χ1n) is 6.11. The molecule has 19 heavy (non-hydrogen) atoms. The summed E-state index contributed by atoms with van der Waals surface area (Å²) in [5.74, 6) is 0.472. The molecule has 2 aromatic carbocycles. The zero-order chi connectivity index (χ0) is 13.4. The minimum atomic E-state index is -0.335. The molecule has 3 rings (SSSR count). The van der Waals surface area contributed by atoms with Crippen molar-refractivity contribution in [1.29, 1.82) is 0 Å². The molecule has 0 aliphatic carbocycles. The second-order valence-electron chi connectivity index (χ2n) is 4.65. The summed E-state index contributed by atoms with van der Waals surface area (Å²) < 4.78 is 20.7. The molecule has 2 N–H and O–H groups in total. The summed E-state index contributed by atoms with van der Waals surface area (Å²) in [5.41, 5.74) is 7.68. The van der Waals surface area contributed by atoms with Crippen molar-refractivity contribution < 1.29 is 9.13 Å². The normalized spacial score (nSPS) is 21.6. The average molecular weight is 322 g/mol. The van der Waals surface area contributed by atoms with Gasteiger partial charge in [0.05, 0.1) is 0 Å². The summed E-state index contributed by atoms with van der Waals surface area (Å²) in [5, 5.41) is 0. The van der Waals surface area contributed by atoms with Crippen LogP contribution in [0.3, 0.4) is 0 Å². The van der Waals surface area contributed by atoms with Crippen LogP contribution in [0.2, 0.25) is 0 Å². The lowest BCUT2D eigenvalue weighted by Crippen LogP contribution is -2.24. The van der Waals surface area contributed by atoms with Gasteiger partial charge in [0.2, 0.25) is 0 Å². The van der Waals surface area contributed by atoms with Crippen LogP contribution in [0.4, 0.5) is 4.39 Å². The van der Waals surface area contributed by atoms with Gasteiger partial charge in [-0.2, -0.15) is 0 Å². The van der Waals surface area contributed by atoms with Crippen molar-refractivity contribution in [3.8, 4) is 5.75 Å². The van der Waals surface area contributed by atoms with Crippen molar-refractivity contribution >= 4 is 15.9 Å². The largest absolute Gasteiger partial charge is 0.485 e. The zero-order valence-electron chi connectivity index (χ0n) is 10.1. The third kappa shape index (κ3) is 2.38. The van der Waals surface area contributed by atoms with Gasteiger partial charge in [-0.05, 0) is 18.2 Å². The Morgan fingerprint density at radius 3 is 2.74 bits per heavy atom. The molecule has 0 bridgehead atoms. The van der Waals surface area contributed by atoms with Gasteiger partial charge in [0.15, 0.2) is 0 Å². The highest BCUT2D eigenvalue weighted by Crippen LogP contribution is 2.41. The van der Waals surface area contributed by atoms with Crippen molar-refractivity contribution in [3.05, 3.63) is 63.9 Å². The monoisotopic (exact) mass is 321 g/mol. The smallest absolute Gasteiger partial charge is 0.130 e. The van der Waals surface area contributed by atoms with Crippen molar-refractivity contribution in [2.45, 2.75) is 18.6 Å². The van der Waals surface area contributed by atoms with E-state index in [4.69, 9.17) is 10.5 Å². The number of ether oxygens (including phenoxy) is 1. The van der Waals surface area contributed by atoms with E-state index in [0.29, 0.717) is 12.0 Å². The molecule has 0 saturated heterocycles. The number of hydrogen-bond donors (Lipinski definition) is 1. The second-order valence-corrected chi connectivity index (χ2v) is 5.57. The third-order valence-electron chi connectivity index (χ3n) is 3.36. The molecule has 0 spiro atoms. The van der Waals surface area contributed by atoms with Crippen molar-refractivity contribution in [2.24, 2.45) is 5.73 Å². The lowest BCUT2D eigenvalue weighted by atomic mass is 9.93. The molecule has 0 amide bonds. The van der Waals surface area contributed by atoms with E-state index < -0.39 is 0 Å². The summed E-state index contributed by atoms with van der Waals surface area (Å²) >= 11 is 3.41. The fourth-order valence-electron chi connectivity index (χ4n) is 2.40. The van der Waals surface area contributed by atoms with Gasteiger partial charge in [0.25, 0.3) is 0 Å². The Hall–Kier alpha value is -1.39. The molecule has 2 nitrogen and oxygen atoms in total. The van der Waals surface area contributed by atoms with E-state index in [1.165, 1.54) is 6.07 Å². The minimum Gasteiger partial charge on any atom is -0.485 e. The Labute approximate surface area is 119 Å². The van der Waals surface area contributed by atoms with Gasteiger partial charge < -0.3 is 10.5 Å². The molecule has 0 fully saturated rings. The summed E-state index contributed by atoms with van der Waals surface area (Å²) in [6, 6.07) is 12.3. The Balaban J connectivity index is 1.99. The number of benzene rings is 2. The van der Waals surface area contributed by atoms with Crippen LogP contribution >= 0.6 is 15.9 Å². The van der Waals surface area contributed by atoms with Crippen LogP contribution in [0, 0.1) is 5.82 Å². The molecule has 0 radical (unpaired) electrons. The van der Waals surface area contributed by atoms with E-state index in [9.17, 15) is 4.39 Å². The molecule has 0 aromatic heterocycles. The van der Waals surface area contributed by atoms with Gasteiger partial charge in [0, 0.05) is 28.1 Å². The highest BCUT2D eigenvalue weighted by atomic mass is 79.9. The third-order valence-corrected chi connectivity index (χ3v) is 3.86. The first-order valence-corrected chi connectivity index (χ1v) is 6.90. The van der Waals surface area contributed by atoms with E-state index in [1.807, 2.05) is 24.3 Å². The van der Waals surface area contributed by atoms with Gasteiger partial charge >= 0.3 is 0 Å². The summed E-state index contributed by atoms with van der Waals surface area (Å²) in [6.45, 7) is 0. The van der Waals surface area contributed by atoms with Crippen LogP contribution in [-0.2, 0) is 0 Å². The predicted molar refractivity (Wildman–Crippen MR) is 75.5 cm³/mol. The van der Waals surface area contributed by atoms with Crippen LogP contribution in [0.15, 0.2) is 46.9 Å². The highest BCUT2D eigenvalue weighted by Gasteiger charge is 2.28. The zero-order valence-corrected chi connectivity index (χ0v) is 11.7. The van der Waals surface area contributed by atoms with Crippen molar-refractivity contribution in [3.63, 3.8) is 0 Å². The first-order chi connectivity index (χ1) is 9.15. The molecule has 1 aliphatic heterocycles. The fourth-order valence-corrected chi connectivity index (χ4v) is 2.74. The van der Waals surface area contributed by atoms with Gasteiger partial charge in [-0.3, -0.25) is 0 Å². The lowest BCUT2D eigenvalue weighted by molar-refractivity contribution is 0.157. The summed E-state index contributed by atoms with van der Waals surface area (Å²) in [6.07, 6.45) is 0.244. The molecule has 98 valence electrons. The minimum absolute atomic E-state index is 0.138. The topological polar surface area (TPSA) is 35.2 Å². The number of rotatable bonds is 1. The standard InChI is InChI=1S/C15H13BrFNO/c16-9-5-6-11-13(18)8-15(19-14(11)7-9)10-3-1-2-4-12(10)17/h1-7,13,15H,8,18H2. The quantitative estimate of drug-likeness (QED) is 0.857. The summed E-state index contributed by atoms with van der Waals surface area (Å²) in [4.78, 5) is 0. The maximum absolute atomic E-state index is 13.8. The molecule has 0 saturated carbocycles. The Kier molecular flexibility index (Phi) is 3.29. The first kappa shape index (κ1) is 12.6. The number of hydrogen-bond acceptors (Lipinski definition) is 2. The average Bonchev–Trinajstić information content (AvgIpc) is 2.38. The van der Waals surface area contributed by atoms with Crippen LogP contribution in [-0.4, -0.2) is 0 Å². The number of fused-ring (bicyclic) bond motifs is 1. The maximum Gasteiger partial charge on any atom is 0.130 e. The van der Waals surface area contributed by atoms with E-state index in [0.717, 1.165) is 15.8 Å². The van der Waals surface area contributed by atoms with Gasteiger partial charge in [-0.1, -0.05) is 40.2 Å². The van der Waals surface area contributed by atoms with Gasteiger partial charge in [0.1, 0.15) is 17.7 Å². The van der Waals surface area contributed by atoms with Gasteiger partial charge in [-0.15, -0.1) is 0 Å². The SMILES string of the molecule is NC1CC(c2ccccc2F)Oc2cc(Br)ccc21. The van der Waals surface area contributed by atoms with Gasteiger partial charge in [-0.25, -0.2) is 4.39 Å². The molecular weight excluding hydrogens is 309 g/mol. The van der Waals surface area contributed by atoms with E-state index in [2.05, 4.69) is 15.9 Å². The van der Waals surface area contributed by atoms with E-state index >= 15 is 0 Å². The second kappa shape index (κ2) is 4.94. The predicted octanol–water partition coefficient (Wildman–Crippen LogP) is 4.11. The molecule has 1 aliphatic rings. The maximum atomic E-state index is 13.8. The molecule has 2 aromatic rings. The van der Waals surface area contributed by atoms with Crippen molar-refractivity contribution in [2.75, 3.05) is 0 Å². The molecule has 1 heterocycles. The Morgan fingerprint density at radius 2 is 1.95 bits per heavy atom. The Bertz CT molecular complexity index is 617. The molecular formula is C15H13BrFNO. The lowest BCUT2D eigenvalue weighted by Gasteiger charge is -2.30. The number of halogens is 2. The number of nitrogens with two attached hydrogens (primary N) is 1. The van der Waals surface area contributed by atoms with E-state index in [-0.39, 0.29) is 18.0 Å². The highest BCUT2D eigenvalue weighted by molar-refractivity contribution is 9.10. The van der Waals surface area contributed by atoms with Crippen LogP contribution in [0.25, 0.3) is 0 Å². The summed E-state index contributed by atoms with van der Waals surface area (Å²) in [7, 11) is 0. The van der Waals surface area contributed by atoms with Crippen LogP contribution in [0.5, 0.6) is 5.75 Å². The van der Waals surface area contributed by atoms with Crippen molar-refractivity contribution in [1.82, 2.24) is 0 Å². The molecule has 2 atom stereocenters. The Morgan fingerprint density at radius 1 is 1.16 bits per heavy atom. The molecule has 4 heteroatoms.